The van der Waals surface area contributed by atoms with E-state index in [0.29, 0.717) is 12.5 Å². The second kappa shape index (κ2) is 2.82. The molecule has 2 aromatic rings. The van der Waals surface area contributed by atoms with Crippen LogP contribution < -0.4 is 4.90 Å². The smallest absolute Gasteiger partial charge is 0.229 e. The van der Waals surface area contributed by atoms with Gasteiger partial charge in [0.15, 0.2) is 0 Å². The molecule has 76 valence electrons. The largest absolute Gasteiger partial charge is 0.309 e. The molecule has 0 aromatic carbocycles. The summed E-state index contributed by atoms with van der Waals surface area (Å²) >= 11 is 0. The van der Waals surface area contributed by atoms with Gasteiger partial charge < -0.3 is 9.30 Å². The maximum absolute atomic E-state index is 11.4. The average molecular weight is 201 g/mol. The molecule has 1 unspecified atom stereocenters. The second-order valence-electron chi connectivity index (χ2n) is 3.89. The molecule has 3 heterocycles. The highest BCUT2D eigenvalue weighted by Gasteiger charge is 2.33. The molecule has 1 atom stereocenters. The monoisotopic (exact) mass is 201 g/mol. The summed E-state index contributed by atoms with van der Waals surface area (Å²) in [5.41, 5.74) is 1.82. The van der Waals surface area contributed by atoms with E-state index in [-0.39, 0.29) is 5.91 Å². The van der Waals surface area contributed by atoms with Crippen LogP contribution in [0.3, 0.4) is 0 Å². The summed E-state index contributed by atoms with van der Waals surface area (Å²) in [7, 11) is 0. The number of nitrogens with zero attached hydrogens (tertiary/aromatic N) is 3. The summed E-state index contributed by atoms with van der Waals surface area (Å²) in [6.45, 7) is 2.05. The topological polar surface area (TPSA) is 37.6 Å². The van der Waals surface area contributed by atoms with Crippen molar-refractivity contribution in [3.63, 3.8) is 0 Å². The van der Waals surface area contributed by atoms with Crippen LogP contribution in [-0.2, 0) is 4.79 Å². The zero-order valence-corrected chi connectivity index (χ0v) is 8.42. The Kier molecular flexibility index (Phi) is 1.59. The molecule has 2 aromatic heterocycles. The van der Waals surface area contributed by atoms with E-state index in [4.69, 9.17) is 0 Å². The van der Waals surface area contributed by atoms with Crippen molar-refractivity contribution < 1.29 is 4.79 Å². The van der Waals surface area contributed by atoms with Gasteiger partial charge in [-0.2, -0.15) is 0 Å². The fraction of sp³-hybridized carbons (Fsp3) is 0.273. The summed E-state index contributed by atoms with van der Waals surface area (Å²) in [6, 6.07) is 4.20. The van der Waals surface area contributed by atoms with Crippen LogP contribution in [-0.4, -0.2) is 21.3 Å². The summed E-state index contributed by atoms with van der Waals surface area (Å²) in [6.07, 6.45) is 6.22. The molecule has 0 bridgehead atoms. The van der Waals surface area contributed by atoms with Crippen molar-refractivity contribution in [2.45, 2.75) is 19.4 Å². The van der Waals surface area contributed by atoms with Crippen molar-refractivity contribution in [1.29, 1.82) is 0 Å². The highest BCUT2D eigenvalue weighted by Crippen LogP contribution is 2.27. The van der Waals surface area contributed by atoms with Gasteiger partial charge in [0.2, 0.25) is 5.91 Å². The molecule has 0 saturated carbocycles. The summed E-state index contributed by atoms with van der Waals surface area (Å²) in [5.74, 6) is 0.193. The molecule has 1 aliphatic heterocycles. The molecule has 0 radical (unpaired) electrons. The predicted molar refractivity (Wildman–Crippen MR) is 56.8 cm³/mol. The van der Waals surface area contributed by atoms with Gasteiger partial charge in [-0.15, -0.1) is 0 Å². The van der Waals surface area contributed by atoms with E-state index < -0.39 is 0 Å². The van der Waals surface area contributed by atoms with Crippen molar-refractivity contribution >= 4 is 17.2 Å². The van der Waals surface area contributed by atoms with Crippen molar-refractivity contribution in [3.05, 3.63) is 30.7 Å². The molecule has 0 spiro atoms. The number of imidazole rings is 1. The van der Waals surface area contributed by atoms with E-state index >= 15 is 0 Å². The lowest BCUT2D eigenvalue weighted by atomic mass is 10.0. The first-order valence-corrected chi connectivity index (χ1v) is 5.00. The van der Waals surface area contributed by atoms with Gasteiger partial charge in [-0.05, 0) is 13.0 Å². The van der Waals surface area contributed by atoms with E-state index in [1.54, 1.807) is 6.20 Å². The standard InChI is InChI=1S/C11H11N3O/c1-8-6-11(15)14(8)9-2-4-13-5-3-12-10(13)7-9/h2-5,7-8H,6H2,1H3. The molecular weight excluding hydrogens is 190 g/mol. The number of aromatic nitrogens is 2. The fourth-order valence-electron chi connectivity index (χ4n) is 2.02. The number of hydrogen-bond acceptors (Lipinski definition) is 2. The molecule has 15 heavy (non-hydrogen) atoms. The molecule has 4 nitrogen and oxygen atoms in total. The Morgan fingerprint density at radius 2 is 2.33 bits per heavy atom. The van der Waals surface area contributed by atoms with E-state index in [9.17, 15) is 4.79 Å². The molecule has 0 aliphatic carbocycles. The van der Waals surface area contributed by atoms with Crippen LogP contribution >= 0.6 is 0 Å². The Morgan fingerprint density at radius 3 is 3.07 bits per heavy atom. The minimum atomic E-state index is 0.193. The highest BCUT2D eigenvalue weighted by molar-refractivity contribution is 6.00. The van der Waals surface area contributed by atoms with Crippen LogP contribution in [0.1, 0.15) is 13.3 Å². The molecule has 1 fully saturated rings. The lowest BCUT2D eigenvalue weighted by molar-refractivity contribution is -0.123. The number of fused-ring (bicyclic) bond motifs is 1. The van der Waals surface area contributed by atoms with Gasteiger partial charge >= 0.3 is 0 Å². The van der Waals surface area contributed by atoms with E-state index in [1.807, 2.05) is 33.8 Å². The van der Waals surface area contributed by atoms with Gasteiger partial charge in [0.1, 0.15) is 5.65 Å². The minimum absolute atomic E-state index is 0.193. The van der Waals surface area contributed by atoms with E-state index in [0.717, 1.165) is 11.3 Å². The van der Waals surface area contributed by atoms with Crippen molar-refractivity contribution in [2.24, 2.45) is 0 Å². The van der Waals surface area contributed by atoms with Crippen LogP contribution in [0.4, 0.5) is 5.69 Å². The number of rotatable bonds is 1. The third-order valence-electron chi connectivity index (χ3n) is 2.84. The average Bonchev–Trinajstić information content (AvgIpc) is 2.64. The third kappa shape index (κ3) is 1.14. The van der Waals surface area contributed by atoms with Crippen LogP contribution in [0.25, 0.3) is 5.65 Å². The zero-order valence-electron chi connectivity index (χ0n) is 8.42. The molecule has 3 rings (SSSR count). The van der Waals surface area contributed by atoms with E-state index in [2.05, 4.69) is 11.9 Å². The summed E-state index contributed by atoms with van der Waals surface area (Å²) < 4.78 is 1.93. The molecule has 4 heteroatoms. The first kappa shape index (κ1) is 8.47. The fourth-order valence-corrected chi connectivity index (χ4v) is 2.02. The van der Waals surface area contributed by atoms with Gasteiger partial charge in [0.05, 0.1) is 0 Å². The number of carbonyl (C=O) groups excluding carboxylic acids is 1. The maximum Gasteiger partial charge on any atom is 0.229 e. The summed E-state index contributed by atoms with van der Waals surface area (Å²) in [5, 5.41) is 0. The number of pyridine rings is 1. The first-order valence-electron chi connectivity index (χ1n) is 5.00. The lowest BCUT2D eigenvalue weighted by Gasteiger charge is -2.38. The number of amides is 1. The molecule has 1 amide bonds. The van der Waals surface area contributed by atoms with Crippen LogP contribution in [0.5, 0.6) is 0 Å². The Bertz CT molecular complexity index is 531. The van der Waals surface area contributed by atoms with Crippen molar-refractivity contribution in [3.8, 4) is 0 Å². The Balaban J connectivity index is 2.07. The first-order chi connectivity index (χ1) is 7.25. The number of carbonyl (C=O) groups is 1. The van der Waals surface area contributed by atoms with Gasteiger partial charge in [-0.3, -0.25) is 4.79 Å². The Labute approximate surface area is 87.1 Å². The second-order valence-corrected chi connectivity index (χ2v) is 3.89. The van der Waals surface area contributed by atoms with Crippen molar-refractivity contribution in [2.75, 3.05) is 4.90 Å². The maximum atomic E-state index is 11.4. The van der Waals surface area contributed by atoms with Gasteiger partial charge in [-0.1, -0.05) is 0 Å². The lowest BCUT2D eigenvalue weighted by Crippen LogP contribution is -2.51. The zero-order chi connectivity index (χ0) is 10.4. The Hall–Kier alpha value is -1.84. The van der Waals surface area contributed by atoms with Gasteiger partial charge in [0.25, 0.3) is 0 Å². The number of β-lactam (4-membered cyclic amide) rings is 1. The predicted octanol–water partition coefficient (Wildman–Crippen LogP) is 1.46. The third-order valence-corrected chi connectivity index (χ3v) is 2.84. The van der Waals surface area contributed by atoms with Crippen LogP contribution in [0.15, 0.2) is 30.7 Å². The van der Waals surface area contributed by atoms with E-state index in [1.165, 1.54) is 0 Å². The van der Waals surface area contributed by atoms with Crippen LogP contribution in [0, 0.1) is 0 Å². The quantitative estimate of drug-likeness (QED) is 0.655. The molecule has 0 N–H and O–H groups in total. The van der Waals surface area contributed by atoms with Crippen LogP contribution in [0.2, 0.25) is 0 Å². The Morgan fingerprint density at radius 1 is 1.47 bits per heavy atom. The number of anilines is 1. The highest BCUT2D eigenvalue weighted by atomic mass is 16.2. The van der Waals surface area contributed by atoms with Gasteiger partial charge in [0, 0.05) is 42.8 Å². The van der Waals surface area contributed by atoms with Gasteiger partial charge in [-0.25, -0.2) is 4.98 Å². The minimum Gasteiger partial charge on any atom is -0.309 e. The number of hydrogen-bond donors (Lipinski definition) is 0. The SMILES string of the molecule is CC1CC(=O)N1c1ccn2ccnc2c1. The molecule has 1 aliphatic rings. The molecule has 1 saturated heterocycles. The normalized spacial score (nSPS) is 20.7. The summed E-state index contributed by atoms with van der Waals surface area (Å²) in [4.78, 5) is 17.4. The van der Waals surface area contributed by atoms with Crippen molar-refractivity contribution in [1.82, 2.24) is 9.38 Å². The molecular formula is C11H11N3O.